The molecule has 2 atom stereocenters. The normalized spacial score (nSPS) is 17.5. The van der Waals surface area contributed by atoms with E-state index in [4.69, 9.17) is 4.74 Å². The molecule has 4 aromatic rings. The van der Waals surface area contributed by atoms with Gasteiger partial charge in [-0.15, -0.1) is 0 Å². The largest absolute Gasteiger partial charge is 0.444 e. The number of halogens is 3. The molecule has 1 aliphatic heterocycles. The van der Waals surface area contributed by atoms with Crippen molar-refractivity contribution in [3.63, 3.8) is 0 Å². The van der Waals surface area contributed by atoms with Crippen LogP contribution >= 0.6 is 0 Å². The Kier molecular flexibility index (Phi) is 8.02. The number of rotatable bonds is 4. The lowest BCUT2D eigenvalue weighted by Gasteiger charge is -2.24. The first-order valence-electron chi connectivity index (χ1n) is 15.2. The number of aromatic nitrogens is 4. The zero-order valence-electron chi connectivity index (χ0n) is 26.6. The quantitative estimate of drug-likeness (QED) is 0.276. The van der Waals surface area contributed by atoms with Crippen molar-refractivity contribution in [2.45, 2.75) is 51.9 Å². The molecule has 0 radical (unpaired) electrons. The third kappa shape index (κ3) is 6.11. The van der Waals surface area contributed by atoms with Crippen LogP contribution in [0.1, 0.15) is 44.0 Å². The second kappa shape index (κ2) is 11.9. The number of amides is 2. The second-order valence-corrected chi connectivity index (χ2v) is 12.8. The van der Waals surface area contributed by atoms with E-state index in [1.165, 1.54) is 23.0 Å². The van der Waals surface area contributed by atoms with Crippen LogP contribution in [0.5, 0.6) is 0 Å². The standard InChI is InChI=1S/C34H32F3N7O4/c1-20-29(28-12-13-39-44(28)26-10-8-21(17-38)9-11-26)43(31(46)42(20)27-7-5-6-24(16-27)34(35,36)37)30(45)40-25-14-22-18-41(19-23(22)15-25)32(47)48-33(2,3)4/h5-14,16,23,25H,15,18-19H2,1-4H3,(H,40,45)/t23-,25+/m0/s1. The van der Waals surface area contributed by atoms with Crippen molar-refractivity contribution in [3.8, 4) is 28.8 Å². The van der Waals surface area contributed by atoms with E-state index in [1.807, 2.05) is 12.1 Å². The van der Waals surface area contributed by atoms with Gasteiger partial charge in [-0.1, -0.05) is 12.1 Å². The number of nitrogens with zero attached hydrogens (tertiary/aromatic N) is 6. The average Bonchev–Trinajstić information content (AvgIpc) is 3.78. The van der Waals surface area contributed by atoms with Crippen molar-refractivity contribution in [2.75, 3.05) is 13.1 Å². The third-order valence-electron chi connectivity index (χ3n) is 8.30. The van der Waals surface area contributed by atoms with E-state index in [-0.39, 0.29) is 23.0 Å². The number of ether oxygens (including phenoxy) is 1. The van der Waals surface area contributed by atoms with Gasteiger partial charge in [-0.05, 0) is 88.2 Å². The number of imidazole rings is 1. The Hall–Kier alpha value is -5.58. The second-order valence-electron chi connectivity index (χ2n) is 12.8. The molecule has 2 amide bonds. The molecule has 14 heteroatoms. The first-order chi connectivity index (χ1) is 22.6. The molecule has 2 aromatic carbocycles. The summed E-state index contributed by atoms with van der Waals surface area (Å²) in [6, 6.07) is 13.2. The van der Waals surface area contributed by atoms with Crippen LogP contribution < -0.4 is 11.0 Å². The zero-order chi connectivity index (χ0) is 34.5. The zero-order valence-corrected chi connectivity index (χ0v) is 26.6. The number of nitrogens with one attached hydrogen (secondary N) is 1. The van der Waals surface area contributed by atoms with E-state index < -0.39 is 41.2 Å². The van der Waals surface area contributed by atoms with Gasteiger partial charge < -0.3 is 15.0 Å². The predicted octanol–water partition coefficient (Wildman–Crippen LogP) is 5.81. The SMILES string of the molecule is Cc1c(-c2ccnn2-c2ccc(C#N)cc2)n(C(=O)N[C@@H]2C=C3CN(C(=O)OC(C)(C)C)C[C@@H]3C2)c(=O)n1-c1cccc(C(F)(F)F)c1. The molecule has 48 heavy (non-hydrogen) atoms. The Morgan fingerprint density at radius 2 is 1.79 bits per heavy atom. The molecule has 2 aliphatic rings. The van der Waals surface area contributed by atoms with Gasteiger partial charge >= 0.3 is 24.0 Å². The first-order valence-corrected chi connectivity index (χ1v) is 15.2. The van der Waals surface area contributed by atoms with E-state index in [1.54, 1.807) is 62.9 Å². The monoisotopic (exact) mass is 659 g/mol. The third-order valence-corrected chi connectivity index (χ3v) is 8.30. The Morgan fingerprint density at radius 1 is 1.06 bits per heavy atom. The molecule has 0 unspecified atom stereocenters. The summed E-state index contributed by atoms with van der Waals surface area (Å²) in [5.41, 5.74) is 0.0551. The molecule has 11 nitrogen and oxygen atoms in total. The fourth-order valence-electron chi connectivity index (χ4n) is 6.22. The summed E-state index contributed by atoms with van der Waals surface area (Å²) in [5, 5.41) is 16.5. The van der Waals surface area contributed by atoms with Crippen molar-refractivity contribution < 1.29 is 27.5 Å². The van der Waals surface area contributed by atoms with Crippen molar-refractivity contribution in [3.05, 3.63) is 99.7 Å². The number of fused-ring (bicyclic) bond motifs is 1. The van der Waals surface area contributed by atoms with Crippen LogP contribution in [0.2, 0.25) is 0 Å². The summed E-state index contributed by atoms with van der Waals surface area (Å²) < 4.78 is 49.9. The Morgan fingerprint density at radius 3 is 2.44 bits per heavy atom. The number of hydrogen-bond donors (Lipinski definition) is 1. The van der Waals surface area contributed by atoms with Crippen LogP contribution in [0.3, 0.4) is 0 Å². The van der Waals surface area contributed by atoms with Gasteiger partial charge in [0.05, 0.1) is 46.2 Å². The number of carbonyl (C=O) groups excluding carboxylic acids is 2. The van der Waals surface area contributed by atoms with Crippen molar-refractivity contribution in [1.29, 1.82) is 5.26 Å². The van der Waals surface area contributed by atoms with Crippen molar-refractivity contribution in [1.82, 2.24) is 29.1 Å². The lowest BCUT2D eigenvalue weighted by molar-refractivity contribution is -0.137. The minimum Gasteiger partial charge on any atom is -0.444 e. The molecule has 1 saturated heterocycles. The highest BCUT2D eigenvalue weighted by atomic mass is 19.4. The lowest BCUT2D eigenvalue weighted by Crippen LogP contribution is -2.42. The summed E-state index contributed by atoms with van der Waals surface area (Å²) >= 11 is 0. The van der Waals surface area contributed by atoms with Crippen LogP contribution in [0.4, 0.5) is 22.8 Å². The van der Waals surface area contributed by atoms with Crippen molar-refractivity contribution >= 4 is 12.1 Å². The molecule has 0 bridgehead atoms. The topological polar surface area (TPSA) is 127 Å². The fourth-order valence-corrected chi connectivity index (χ4v) is 6.22. The van der Waals surface area contributed by atoms with Gasteiger partial charge in [0, 0.05) is 25.0 Å². The number of carbonyl (C=O) groups is 2. The molecule has 3 heterocycles. The molecular formula is C34H32F3N7O4. The molecule has 0 saturated carbocycles. The van der Waals surface area contributed by atoms with E-state index in [0.717, 1.165) is 26.8 Å². The minimum absolute atomic E-state index is 0.00623. The highest BCUT2D eigenvalue weighted by Gasteiger charge is 2.39. The fraction of sp³-hybridized carbons (Fsp3) is 0.324. The van der Waals surface area contributed by atoms with Crippen LogP contribution in [-0.4, -0.2) is 60.7 Å². The Bertz CT molecular complexity index is 2040. The van der Waals surface area contributed by atoms with Gasteiger partial charge in [0.1, 0.15) is 11.3 Å². The molecule has 2 aromatic heterocycles. The van der Waals surface area contributed by atoms with E-state index in [9.17, 15) is 32.8 Å². The van der Waals surface area contributed by atoms with Gasteiger partial charge in [0.25, 0.3) is 0 Å². The molecular weight excluding hydrogens is 627 g/mol. The Labute approximate surface area is 273 Å². The summed E-state index contributed by atoms with van der Waals surface area (Å²) in [7, 11) is 0. The van der Waals surface area contributed by atoms with Crippen LogP contribution in [-0.2, 0) is 10.9 Å². The number of alkyl halides is 3. The number of nitriles is 1. The molecule has 1 N–H and O–H groups in total. The van der Waals surface area contributed by atoms with Crippen molar-refractivity contribution in [2.24, 2.45) is 5.92 Å². The molecule has 1 aliphatic carbocycles. The summed E-state index contributed by atoms with van der Waals surface area (Å²) in [6.45, 7) is 7.70. The van der Waals surface area contributed by atoms with Gasteiger partial charge in [-0.25, -0.2) is 23.6 Å². The molecule has 248 valence electrons. The van der Waals surface area contributed by atoms with Gasteiger partial charge in [0.15, 0.2) is 0 Å². The predicted molar refractivity (Wildman–Crippen MR) is 169 cm³/mol. The summed E-state index contributed by atoms with van der Waals surface area (Å²) in [4.78, 5) is 42.3. The van der Waals surface area contributed by atoms with E-state index in [0.29, 0.717) is 36.5 Å². The maximum atomic E-state index is 14.1. The minimum atomic E-state index is -4.66. The lowest BCUT2D eigenvalue weighted by atomic mass is 10.1. The average molecular weight is 660 g/mol. The molecule has 6 rings (SSSR count). The summed E-state index contributed by atoms with van der Waals surface area (Å²) in [6.07, 6.45) is -1.24. The Balaban J connectivity index is 1.38. The van der Waals surface area contributed by atoms with Gasteiger partial charge in [-0.3, -0.25) is 4.57 Å². The van der Waals surface area contributed by atoms with Crippen LogP contribution in [0.25, 0.3) is 22.8 Å². The van der Waals surface area contributed by atoms with Crippen LogP contribution in [0, 0.1) is 24.2 Å². The van der Waals surface area contributed by atoms with Crippen LogP contribution in [0.15, 0.2) is 77.2 Å². The summed E-state index contributed by atoms with van der Waals surface area (Å²) in [5.74, 6) is -0.00623. The smallest absolute Gasteiger partial charge is 0.416 e. The highest BCUT2D eigenvalue weighted by Crippen LogP contribution is 2.35. The first kappa shape index (κ1) is 32.4. The van der Waals surface area contributed by atoms with E-state index in [2.05, 4.69) is 10.4 Å². The number of benzene rings is 2. The van der Waals surface area contributed by atoms with Gasteiger partial charge in [0.2, 0.25) is 0 Å². The highest BCUT2D eigenvalue weighted by molar-refractivity contribution is 5.84. The van der Waals surface area contributed by atoms with E-state index >= 15 is 0 Å². The molecule has 0 spiro atoms. The number of likely N-dealkylation sites (tertiary alicyclic amines) is 1. The maximum absolute atomic E-state index is 14.1. The van der Waals surface area contributed by atoms with Gasteiger partial charge in [-0.2, -0.15) is 23.5 Å². The number of hydrogen-bond acceptors (Lipinski definition) is 6. The molecule has 1 fully saturated rings. The maximum Gasteiger partial charge on any atom is 0.416 e.